The van der Waals surface area contributed by atoms with E-state index >= 15 is 0 Å². The highest BCUT2D eigenvalue weighted by molar-refractivity contribution is 7.15. The number of carbonyl (C=O) groups excluding carboxylic acids is 2. The highest BCUT2D eigenvalue weighted by Crippen LogP contribution is 2.40. The predicted molar refractivity (Wildman–Crippen MR) is 94.4 cm³/mol. The second-order valence-corrected chi connectivity index (χ2v) is 7.65. The number of carbonyl (C=O) groups is 2. The maximum absolute atomic E-state index is 12.9. The van der Waals surface area contributed by atoms with Gasteiger partial charge < -0.3 is 9.64 Å². The van der Waals surface area contributed by atoms with Gasteiger partial charge in [-0.25, -0.2) is 4.98 Å². The minimum absolute atomic E-state index is 0.0611. The molecule has 0 bridgehead atoms. The lowest BCUT2D eigenvalue weighted by atomic mass is 9.72. The van der Waals surface area contributed by atoms with Gasteiger partial charge in [0.25, 0.3) is 5.91 Å². The lowest BCUT2D eigenvalue weighted by Crippen LogP contribution is -2.37. The summed E-state index contributed by atoms with van der Waals surface area (Å²) >= 11 is 1.51. The van der Waals surface area contributed by atoms with E-state index in [1.54, 1.807) is 6.20 Å². The number of aromatic nitrogens is 2. The van der Waals surface area contributed by atoms with Crippen LogP contribution >= 0.6 is 11.3 Å². The molecule has 7 heteroatoms. The van der Waals surface area contributed by atoms with Crippen molar-refractivity contribution in [3.05, 3.63) is 35.6 Å². The topological polar surface area (TPSA) is 63.9 Å². The number of hydrogen-bond acceptors (Lipinski definition) is 5. The molecule has 0 spiro atoms. The lowest BCUT2D eigenvalue weighted by molar-refractivity contribution is -0.152. The smallest absolute Gasteiger partial charge is 0.309 e. The predicted octanol–water partition coefficient (Wildman–Crippen LogP) is 2.47. The zero-order valence-electron chi connectivity index (χ0n) is 14.3. The van der Waals surface area contributed by atoms with Crippen LogP contribution in [0.3, 0.4) is 0 Å². The second kappa shape index (κ2) is 6.29. The fourth-order valence-corrected chi connectivity index (χ4v) is 4.75. The molecule has 3 heterocycles. The number of esters is 1. The lowest BCUT2D eigenvalue weighted by Gasteiger charge is -2.31. The Kier molecular flexibility index (Phi) is 4.11. The molecule has 0 saturated carbocycles. The van der Waals surface area contributed by atoms with Crippen molar-refractivity contribution in [2.45, 2.75) is 13.8 Å². The van der Waals surface area contributed by atoms with Crippen molar-refractivity contribution in [3.63, 3.8) is 0 Å². The van der Waals surface area contributed by atoms with Crippen LogP contribution in [0.15, 0.2) is 29.9 Å². The van der Waals surface area contributed by atoms with E-state index in [0.29, 0.717) is 25.4 Å². The van der Waals surface area contributed by atoms with Gasteiger partial charge in [0, 0.05) is 30.9 Å². The molecular formula is C18H21N3O3S. The molecule has 0 aromatic carbocycles. The van der Waals surface area contributed by atoms with Crippen LogP contribution in [0.5, 0.6) is 0 Å². The van der Waals surface area contributed by atoms with Crippen LogP contribution in [0.4, 0.5) is 0 Å². The number of hydrogen-bond donors (Lipinski definition) is 0. The Labute approximate surface area is 150 Å². The highest BCUT2D eigenvalue weighted by atomic mass is 32.1. The number of rotatable bonds is 3. The first kappa shape index (κ1) is 16.3. The van der Waals surface area contributed by atoms with Crippen LogP contribution in [0.1, 0.15) is 24.3 Å². The van der Waals surface area contributed by atoms with Gasteiger partial charge in [-0.2, -0.15) is 0 Å². The van der Waals surface area contributed by atoms with E-state index in [9.17, 15) is 9.59 Å². The number of fused-ring (bicyclic) bond motifs is 2. The van der Waals surface area contributed by atoms with Crippen LogP contribution < -0.4 is 0 Å². The van der Waals surface area contributed by atoms with Crippen LogP contribution in [-0.2, 0) is 9.53 Å². The van der Waals surface area contributed by atoms with Gasteiger partial charge in [0.05, 0.1) is 12.5 Å². The van der Waals surface area contributed by atoms with Crippen molar-refractivity contribution in [3.8, 4) is 0 Å². The van der Waals surface area contributed by atoms with E-state index in [-0.39, 0.29) is 35.5 Å². The van der Waals surface area contributed by atoms with Gasteiger partial charge in [0.15, 0.2) is 4.96 Å². The Morgan fingerprint density at radius 2 is 2.20 bits per heavy atom. The number of imidazole rings is 1. The standard InChI is InChI=1S/C18H21N3O3S/c1-3-24-17(23)15-11(2)4-5-12-8-21(9-13(12)15)16(22)14-10-20-6-7-25-18(20)19-14/h4-7,10-13,15H,3,8-9H2,1-2H3/t11-,12-,13+,15+/m0/s1. The van der Waals surface area contributed by atoms with Gasteiger partial charge in [-0.15, -0.1) is 11.3 Å². The Balaban J connectivity index is 1.55. The molecule has 132 valence electrons. The molecule has 1 aliphatic carbocycles. The number of allylic oxidation sites excluding steroid dienone is 1. The zero-order chi connectivity index (χ0) is 17.6. The van der Waals surface area contributed by atoms with Crippen LogP contribution in [0.25, 0.3) is 4.96 Å². The fourth-order valence-electron chi connectivity index (χ4n) is 4.05. The maximum atomic E-state index is 12.9. The average Bonchev–Trinajstić information content (AvgIpc) is 3.27. The molecule has 2 aliphatic rings. The van der Waals surface area contributed by atoms with Crippen molar-refractivity contribution < 1.29 is 14.3 Å². The minimum Gasteiger partial charge on any atom is -0.466 e. The van der Waals surface area contributed by atoms with Crippen molar-refractivity contribution in [1.29, 1.82) is 0 Å². The SMILES string of the molecule is CCOC(=O)[C@H]1[C@@H]2CN(C(=O)c3cn4ccsc4n3)C[C@@H]2C=C[C@@H]1C. The zero-order valence-corrected chi connectivity index (χ0v) is 15.1. The quantitative estimate of drug-likeness (QED) is 0.624. The van der Waals surface area contributed by atoms with Crippen molar-refractivity contribution in [2.75, 3.05) is 19.7 Å². The summed E-state index contributed by atoms with van der Waals surface area (Å²) in [6, 6.07) is 0. The summed E-state index contributed by atoms with van der Waals surface area (Å²) in [5.74, 6) is 0.0664. The first-order valence-corrected chi connectivity index (χ1v) is 9.53. The number of likely N-dealkylation sites (tertiary alicyclic amines) is 1. The van der Waals surface area contributed by atoms with E-state index in [1.165, 1.54) is 11.3 Å². The third-order valence-electron chi connectivity index (χ3n) is 5.26. The molecule has 0 N–H and O–H groups in total. The number of amides is 1. The molecule has 0 radical (unpaired) electrons. The summed E-state index contributed by atoms with van der Waals surface area (Å²) in [5, 5.41) is 1.94. The fraction of sp³-hybridized carbons (Fsp3) is 0.500. The Morgan fingerprint density at radius 3 is 2.96 bits per heavy atom. The van der Waals surface area contributed by atoms with Gasteiger partial charge >= 0.3 is 5.97 Å². The van der Waals surface area contributed by atoms with Crippen molar-refractivity contribution in [1.82, 2.24) is 14.3 Å². The first-order chi connectivity index (χ1) is 12.1. The monoisotopic (exact) mass is 359 g/mol. The van der Waals surface area contributed by atoms with E-state index < -0.39 is 0 Å². The maximum Gasteiger partial charge on any atom is 0.309 e. The van der Waals surface area contributed by atoms with E-state index in [0.717, 1.165) is 4.96 Å². The molecule has 1 saturated heterocycles. The number of nitrogens with zero attached hydrogens (tertiary/aromatic N) is 3. The molecule has 6 nitrogen and oxygen atoms in total. The van der Waals surface area contributed by atoms with Crippen LogP contribution in [-0.4, -0.2) is 45.9 Å². The normalized spacial score (nSPS) is 28.3. The Bertz CT molecular complexity index is 811. The van der Waals surface area contributed by atoms with Crippen LogP contribution in [0, 0.1) is 23.7 Å². The average molecular weight is 359 g/mol. The van der Waals surface area contributed by atoms with Gasteiger partial charge in [-0.1, -0.05) is 19.1 Å². The van der Waals surface area contributed by atoms with E-state index in [4.69, 9.17) is 4.74 Å². The number of thiazole rings is 1. The molecule has 25 heavy (non-hydrogen) atoms. The molecule has 4 atom stereocenters. The minimum atomic E-state index is -0.182. The summed E-state index contributed by atoms with van der Waals surface area (Å²) in [6.45, 7) is 5.47. The summed E-state index contributed by atoms with van der Waals surface area (Å²) < 4.78 is 7.14. The Morgan fingerprint density at radius 1 is 1.36 bits per heavy atom. The summed E-state index contributed by atoms with van der Waals surface area (Å²) in [4.78, 5) is 32.3. The molecule has 1 aliphatic heterocycles. The highest BCUT2D eigenvalue weighted by Gasteiger charge is 2.46. The molecule has 2 aromatic rings. The van der Waals surface area contributed by atoms with Crippen molar-refractivity contribution >= 4 is 28.2 Å². The van der Waals surface area contributed by atoms with Gasteiger partial charge in [0.1, 0.15) is 5.69 Å². The van der Waals surface area contributed by atoms with E-state index in [2.05, 4.69) is 17.1 Å². The first-order valence-electron chi connectivity index (χ1n) is 8.65. The van der Waals surface area contributed by atoms with Crippen molar-refractivity contribution in [2.24, 2.45) is 23.7 Å². The molecule has 2 aromatic heterocycles. The molecule has 1 fully saturated rings. The summed E-state index contributed by atoms with van der Waals surface area (Å²) in [6.07, 6.45) is 7.92. The summed E-state index contributed by atoms with van der Waals surface area (Å²) in [7, 11) is 0. The third kappa shape index (κ3) is 2.76. The van der Waals surface area contributed by atoms with Gasteiger partial charge in [0.2, 0.25) is 0 Å². The molecule has 0 unspecified atom stereocenters. The molecule has 1 amide bonds. The van der Waals surface area contributed by atoms with E-state index in [1.807, 2.05) is 34.7 Å². The number of ether oxygens (including phenoxy) is 1. The van der Waals surface area contributed by atoms with Crippen LogP contribution in [0.2, 0.25) is 0 Å². The van der Waals surface area contributed by atoms with Gasteiger partial charge in [-0.05, 0) is 24.7 Å². The Hall–Kier alpha value is -2.15. The summed E-state index contributed by atoms with van der Waals surface area (Å²) in [5.41, 5.74) is 0.468. The van der Waals surface area contributed by atoms with Gasteiger partial charge in [-0.3, -0.25) is 14.0 Å². The molecular weight excluding hydrogens is 338 g/mol. The second-order valence-electron chi connectivity index (χ2n) is 6.78. The molecule has 4 rings (SSSR count). The largest absolute Gasteiger partial charge is 0.466 e. The third-order valence-corrected chi connectivity index (χ3v) is 6.03.